The second kappa shape index (κ2) is 5.17. The second-order valence-electron chi connectivity index (χ2n) is 5.35. The minimum atomic E-state index is 0.227. The van der Waals surface area contributed by atoms with Gasteiger partial charge >= 0.3 is 0 Å². The van der Waals surface area contributed by atoms with Crippen LogP contribution in [-0.4, -0.2) is 21.6 Å². The molecular weight excluding hydrogens is 242 g/mol. The average molecular weight is 261 g/mol. The molecule has 2 aromatic heterocycles. The van der Waals surface area contributed by atoms with Gasteiger partial charge in [-0.25, -0.2) is 0 Å². The molecule has 0 aromatic carbocycles. The molecule has 0 bridgehead atoms. The fourth-order valence-corrected chi connectivity index (χ4v) is 2.51. The monoisotopic (exact) mass is 261 g/mol. The summed E-state index contributed by atoms with van der Waals surface area (Å²) in [7, 11) is 0. The zero-order chi connectivity index (χ0) is 13.2. The highest BCUT2D eigenvalue weighted by Crippen LogP contribution is 2.32. The van der Waals surface area contributed by atoms with Crippen LogP contribution in [0.3, 0.4) is 0 Å². The molecule has 1 aliphatic heterocycles. The Labute approximate surface area is 112 Å². The van der Waals surface area contributed by atoms with Gasteiger partial charge in [-0.1, -0.05) is 19.0 Å². The van der Waals surface area contributed by atoms with E-state index in [4.69, 9.17) is 8.94 Å². The zero-order valence-corrected chi connectivity index (χ0v) is 11.4. The SMILES string of the molecule is CC(C)c1noc([C@@H]2CCCN2Cc2ccco2)n1. The summed E-state index contributed by atoms with van der Waals surface area (Å²) in [5, 5.41) is 4.06. The van der Waals surface area contributed by atoms with E-state index in [2.05, 4.69) is 28.9 Å². The summed E-state index contributed by atoms with van der Waals surface area (Å²) in [5.74, 6) is 2.82. The van der Waals surface area contributed by atoms with Crippen molar-refractivity contribution in [2.45, 2.75) is 45.2 Å². The smallest absolute Gasteiger partial charge is 0.244 e. The van der Waals surface area contributed by atoms with Gasteiger partial charge in [-0.05, 0) is 31.5 Å². The predicted octanol–water partition coefficient (Wildman–Crippen LogP) is 3.12. The van der Waals surface area contributed by atoms with Gasteiger partial charge in [-0.3, -0.25) is 4.90 Å². The average Bonchev–Trinajstić information content (AvgIpc) is 3.09. The molecule has 19 heavy (non-hydrogen) atoms. The van der Waals surface area contributed by atoms with Crippen molar-refractivity contribution >= 4 is 0 Å². The molecule has 5 heteroatoms. The van der Waals surface area contributed by atoms with Crippen molar-refractivity contribution in [3.8, 4) is 0 Å². The van der Waals surface area contributed by atoms with Gasteiger partial charge in [-0.15, -0.1) is 0 Å². The molecule has 3 heterocycles. The van der Waals surface area contributed by atoms with Crippen LogP contribution in [0.1, 0.15) is 56.1 Å². The van der Waals surface area contributed by atoms with Crippen molar-refractivity contribution in [2.75, 3.05) is 6.54 Å². The van der Waals surface area contributed by atoms with E-state index in [1.54, 1.807) is 6.26 Å². The molecule has 2 aromatic rings. The Kier molecular flexibility index (Phi) is 3.38. The van der Waals surface area contributed by atoms with E-state index in [-0.39, 0.29) is 6.04 Å². The first-order valence-corrected chi connectivity index (χ1v) is 6.84. The lowest BCUT2D eigenvalue weighted by atomic mass is 10.2. The first-order valence-electron chi connectivity index (χ1n) is 6.84. The van der Waals surface area contributed by atoms with Crippen LogP contribution in [0.5, 0.6) is 0 Å². The maximum absolute atomic E-state index is 5.43. The number of aromatic nitrogens is 2. The Bertz CT molecular complexity index is 519. The number of hydrogen-bond acceptors (Lipinski definition) is 5. The third kappa shape index (κ3) is 2.56. The summed E-state index contributed by atoms with van der Waals surface area (Å²) >= 11 is 0. The van der Waals surface area contributed by atoms with Gasteiger partial charge in [0.25, 0.3) is 0 Å². The number of hydrogen-bond donors (Lipinski definition) is 0. The molecule has 0 unspecified atom stereocenters. The normalized spacial score (nSPS) is 20.5. The Morgan fingerprint density at radius 2 is 2.37 bits per heavy atom. The van der Waals surface area contributed by atoms with Crippen molar-refractivity contribution in [1.29, 1.82) is 0 Å². The Morgan fingerprint density at radius 1 is 1.47 bits per heavy atom. The summed E-state index contributed by atoms with van der Waals surface area (Å²) in [6.45, 7) is 6.00. The fraction of sp³-hybridized carbons (Fsp3) is 0.571. The molecule has 0 saturated carbocycles. The molecular formula is C14H19N3O2. The minimum Gasteiger partial charge on any atom is -0.468 e. The van der Waals surface area contributed by atoms with Crippen LogP contribution >= 0.6 is 0 Å². The van der Waals surface area contributed by atoms with Crippen LogP contribution in [0.4, 0.5) is 0 Å². The first kappa shape index (κ1) is 12.4. The number of nitrogens with zero attached hydrogens (tertiary/aromatic N) is 3. The topological polar surface area (TPSA) is 55.3 Å². The van der Waals surface area contributed by atoms with Crippen molar-refractivity contribution in [3.63, 3.8) is 0 Å². The third-order valence-corrected chi connectivity index (χ3v) is 3.56. The summed E-state index contributed by atoms with van der Waals surface area (Å²) in [6.07, 6.45) is 3.94. The third-order valence-electron chi connectivity index (χ3n) is 3.56. The van der Waals surface area contributed by atoms with Crippen molar-refractivity contribution < 1.29 is 8.94 Å². The fourth-order valence-electron chi connectivity index (χ4n) is 2.51. The molecule has 0 amide bonds. The van der Waals surface area contributed by atoms with Crippen LogP contribution in [0.15, 0.2) is 27.3 Å². The van der Waals surface area contributed by atoms with Crippen LogP contribution in [-0.2, 0) is 6.54 Å². The first-order chi connectivity index (χ1) is 9.24. The molecule has 102 valence electrons. The molecule has 1 fully saturated rings. The maximum atomic E-state index is 5.43. The van der Waals surface area contributed by atoms with Crippen molar-refractivity contribution in [1.82, 2.24) is 15.0 Å². The lowest BCUT2D eigenvalue weighted by Crippen LogP contribution is -2.22. The van der Waals surface area contributed by atoms with E-state index in [1.165, 1.54) is 0 Å². The molecule has 0 radical (unpaired) electrons. The van der Waals surface area contributed by atoms with E-state index in [9.17, 15) is 0 Å². The highest BCUT2D eigenvalue weighted by atomic mass is 16.5. The van der Waals surface area contributed by atoms with E-state index in [0.717, 1.165) is 43.4 Å². The zero-order valence-electron chi connectivity index (χ0n) is 11.4. The summed E-state index contributed by atoms with van der Waals surface area (Å²) < 4.78 is 10.8. The standard InChI is InChI=1S/C14H19N3O2/c1-10(2)13-15-14(19-16-13)12-6-3-7-17(12)9-11-5-4-8-18-11/h4-5,8,10,12H,3,6-7,9H2,1-2H3/t12-/m0/s1. The van der Waals surface area contributed by atoms with Gasteiger partial charge in [0.15, 0.2) is 5.82 Å². The number of rotatable bonds is 4. The van der Waals surface area contributed by atoms with E-state index in [1.807, 2.05) is 12.1 Å². The van der Waals surface area contributed by atoms with Crippen LogP contribution < -0.4 is 0 Å². The molecule has 1 aliphatic rings. The van der Waals surface area contributed by atoms with Gasteiger partial charge in [0.2, 0.25) is 5.89 Å². The Balaban J connectivity index is 1.74. The van der Waals surface area contributed by atoms with Crippen LogP contribution in [0, 0.1) is 0 Å². The minimum absolute atomic E-state index is 0.227. The lowest BCUT2D eigenvalue weighted by Gasteiger charge is -2.19. The van der Waals surface area contributed by atoms with Gasteiger partial charge in [0.05, 0.1) is 18.8 Å². The summed E-state index contributed by atoms with van der Waals surface area (Å²) in [5.41, 5.74) is 0. The number of furan rings is 1. The molecule has 5 nitrogen and oxygen atoms in total. The number of likely N-dealkylation sites (tertiary alicyclic amines) is 1. The van der Waals surface area contributed by atoms with Gasteiger partial charge < -0.3 is 8.94 Å². The highest BCUT2D eigenvalue weighted by molar-refractivity contribution is 5.03. The summed E-state index contributed by atoms with van der Waals surface area (Å²) in [4.78, 5) is 6.86. The predicted molar refractivity (Wildman–Crippen MR) is 69.5 cm³/mol. The largest absolute Gasteiger partial charge is 0.468 e. The van der Waals surface area contributed by atoms with Gasteiger partial charge in [0.1, 0.15) is 5.76 Å². The van der Waals surface area contributed by atoms with Gasteiger partial charge in [-0.2, -0.15) is 4.98 Å². The quantitative estimate of drug-likeness (QED) is 0.846. The van der Waals surface area contributed by atoms with E-state index in [0.29, 0.717) is 5.92 Å². The molecule has 3 rings (SSSR count). The Hall–Kier alpha value is -1.62. The van der Waals surface area contributed by atoms with Crippen LogP contribution in [0.2, 0.25) is 0 Å². The second-order valence-corrected chi connectivity index (χ2v) is 5.35. The van der Waals surface area contributed by atoms with Crippen LogP contribution in [0.25, 0.3) is 0 Å². The maximum Gasteiger partial charge on any atom is 0.244 e. The molecule has 1 atom stereocenters. The van der Waals surface area contributed by atoms with E-state index >= 15 is 0 Å². The molecule has 0 spiro atoms. The molecule has 0 N–H and O–H groups in total. The van der Waals surface area contributed by atoms with Crippen molar-refractivity contribution in [2.24, 2.45) is 0 Å². The highest BCUT2D eigenvalue weighted by Gasteiger charge is 2.31. The molecule has 1 saturated heterocycles. The summed E-state index contributed by atoms with van der Waals surface area (Å²) in [6, 6.07) is 4.15. The van der Waals surface area contributed by atoms with E-state index < -0.39 is 0 Å². The van der Waals surface area contributed by atoms with Crippen molar-refractivity contribution in [3.05, 3.63) is 35.9 Å². The van der Waals surface area contributed by atoms with Gasteiger partial charge in [0, 0.05) is 5.92 Å². The Morgan fingerprint density at radius 3 is 3.05 bits per heavy atom. The molecule has 0 aliphatic carbocycles. The lowest BCUT2D eigenvalue weighted by molar-refractivity contribution is 0.188.